The van der Waals surface area contributed by atoms with Crippen LogP contribution in [0.4, 0.5) is 0 Å². The summed E-state index contributed by atoms with van der Waals surface area (Å²) in [7, 11) is 0. The lowest BCUT2D eigenvalue weighted by Crippen LogP contribution is -2.33. The molecule has 0 aromatic carbocycles. The molecule has 0 spiro atoms. The van der Waals surface area contributed by atoms with Gasteiger partial charge in [-0.1, -0.05) is 6.92 Å². The molecule has 2 rings (SSSR count). The van der Waals surface area contributed by atoms with Gasteiger partial charge >= 0.3 is 0 Å². The van der Waals surface area contributed by atoms with Gasteiger partial charge in [-0.05, 0) is 46.2 Å². The molecule has 20 heavy (non-hydrogen) atoms. The smallest absolute Gasteiger partial charge is 0.130 e. The Bertz CT molecular complexity index is 406. The van der Waals surface area contributed by atoms with Gasteiger partial charge in [0.25, 0.3) is 0 Å². The fraction of sp³-hybridized carbons (Fsp3) is 0.750. The van der Waals surface area contributed by atoms with Crippen molar-refractivity contribution in [3.05, 3.63) is 23.2 Å². The van der Waals surface area contributed by atoms with E-state index in [2.05, 4.69) is 32.2 Å². The average molecular weight is 281 g/mol. The average Bonchev–Trinajstić information content (AvgIpc) is 2.73. The molecule has 2 unspecified atom stereocenters. The first kappa shape index (κ1) is 15.5. The molecule has 114 valence electrons. The van der Waals surface area contributed by atoms with Crippen LogP contribution in [0.1, 0.15) is 50.7 Å². The quantitative estimate of drug-likeness (QED) is 0.870. The summed E-state index contributed by atoms with van der Waals surface area (Å²) in [4.78, 5) is 0. The third kappa shape index (κ3) is 4.33. The van der Waals surface area contributed by atoms with E-state index >= 15 is 0 Å². The van der Waals surface area contributed by atoms with Crippen LogP contribution in [0, 0.1) is 6.92 Å². The van der Waals surface area contributed by atoms with E-state index in [4.69, 9.17) is 13.9 Å². The molecule has 0 bridgehead atoms. The zero-order valence-electron chi connectivity index (χ0n) is 13.1. The van der Waals surface area contributed by atoms with Crippen molar-refractivity contribution >= 4 is 0 Å². The van der Waals surface area contributed by atoms with Crippen LogP contribution in [0.2, 0.25) is 0 Å². The van der Waals surface area contributed by atoms with E-state index in [9.17, 15) is 0 Å². The Morgan fingerprint density at radius 1 is 1.30 bits per heavy atom. The summed E-state index contributed by atoms with van der Waals surface area (Å²) in [6.45, 7) is 10.7. The molecule has 1 aliphatic rings. The van der Waals surface area contributed by atoms with E-state index in [1.54, 1.807) is 0 Å². The molecule has 1 aromatic heterocycles. The summed E-state index contributed by atoms with van der Waals surface area (Å²) in [6.07, 6.45) is 2.77. The van der Waals surface area contributed by atoms with E-state index in [0.717, 1.165) is 37.5 Å². The lowest BCUT2D eigenvalue weighted by Gasteiger charge is -2.31. The summed E-state index contributed by atoms with van der Waals surface area (Å²) in [5.41, 5.74) is 1.22. The number of rotatable bonds is 6. The Hall–Kier alpha value is -0.840. The highest BCUT2D eigenvalue weighted by Gasteiger charge is 2.25. The minimum atomic E-state index is 0.274. The number of hydrogen-bond acceptors (Lipinski definition) is 4. The topological polar surface area (TPSA) is 43.6 Å². The summed E-state index contributed by atoms with van der Waals surface area (Å²) in [5.74, 6) is 1.90. The van der Waals surface area contributed by atoms with Gasteiger partial charge in [-0.15, -0.1) is 0 Å². The van der Waals surface area contributed by atoms with Crippen LogP contribution in [-0.2, 0) is 22.6 Å². The van der Waals surface area contributed by atoms with Crippen molar-refractivity contribution in [1.29, 1.82) is 0 Å². The van der Waals surface area contributed by atoms with E-state index in [0.29, 0.717) is 6.61 Å². The molecule has 2 atom stereocenters. The van der Waals surface area contributed by atoms with Gasteiger partial charge < -0.3 is 19.2 Å². The van der Waals surface area contributed by atoms with Crippen molar-refractivity contribution in [2.24, 2.45) is 0 Å². The van der Waals surface area contributed by atoms with Crippen molar-refractivity contribution in [2.75, 3.05) is 6.54 Å². The number of nitrogens with one attached hydrogen (secondary N) is 1. The van der Waals surface area contributed by atoms with Crippen LogP contribution in [0.15, 0.2) is 10.5 Å². The first-order chi connectivity index (χ1) is 9.58. The van der Waals surface area contributed by atoms with Crippen LogP contribution in [0.3, 0.4) is 0 Å². The first-order valence-corrected chi connectivity index (χ1v) is 7.64. The zero-order valence-corrected chi connectivity index (χ0v) is 13.1. The molecular formula is C16H27NO3. The van der Waals surface area contributed by atoms with E-state index in [-0.39, 0.29) is 18.3 Å². The standard InChI is InChI=1S/C16H27NO3/c1-5-17-9-14-8-16(20-13(14)4)10-18-15-6-11(2)19-12(3)7-15/h8,11-12,15,17H,5-7,9-10H2,1-4H3. The normalized spacial score (nSPS) is 26.9. The fourth-order valence-corrected chi connectivity index (χ4v) is 2.77. The molecule has 1 fully saturated rings. The summed E-state index contributed by atoms with van der Waals surface area (Å²) < 4.78 is 17.5. The Morgan fingerprint density at radius 2 is 2.00 bits per heavy atom. The largest absolute Gasteiger partial charge is 0.464 e. The van der Waals surface area contributed by atoms with Crippen LogP contribution < -0.4 is 5.32 Å². The molecule has 1 aliphatic heterocycles. The molecule has 4 heteroatoms. The number of aryl methyl sites for hydroxylation is 1. The van der Waals surface area contributed by atoms with Gasteiger partial charge in [0.1, 0.15) is 18.1 Å². The zero-order chi connectivity index (χ0) is 14.5. The number of furan rings is 1. The highest BCUT2D eigenvalue weighted by atomic mass is 16.5. The van der Waals surface area contributed by atoms with Crippen LogP contribution in [-0.4, -0.2) is 24.9 Å². The highest BCUT2D eigenvalue weighted by molar-refractivity contribution is 5.20. The molecule has 2 heterocycles. The second-order valence-electron chi connectivity index (χ2n) is 5.74. The summed E-state index contributed by atoms with van der Waals surface area (Å²) in [6, 6.07) is 2.10. The van der Waals surface area contributed by atoms with Crippen molar-refractivity contribution in [3.8, 4) is 0 Å². The lowest BCUT2D eigenvalue weighted by atomic mass is 10.0. The molecule has 0 saturated carbocycles. The van der Waals surface area contributed by atoms with Crippen LogP contribution >= 0.6 is 0 Å². The van der Waals surface area contributed by atoms with Gasteiger partial charge in [-0.2, -0.15) is 0 Å². The molecular weight excluding hydrogens is 254 g/mol. The number of hydrogen-bond donors (Lipinski definition) is 1. The van der Waals surface area contributed by atoms with Crippen LogP contribution in [0.5, 0.6) is 0 Å². The fourth-order valence-electron chi connectivity index (χ4n) is 2.77. The van der Waals surface area contributed by atoms with Gasteiger partial charge in [0.05, 0.1) is 18.3 Å². The van der Waals surface area contributed by atoms with Crippen molar-refractivity contribution in [1.82, 2.24) is 5.32 Å². The van der Waals surface area contributed by atoms with E-state index in [1.165, 1.54) is 5.56 Å². The molecule has 0 amide bonds. The third-order valence-electron chi connectivity index (χ3n) is 3.75. The lowest BCUT2D eigenvalue weighted by molar-refractivity contribution is -0.108. The van der Waals surface area contributed by atoms with Gasteiger partial charge in [0.15, 0.2) is 0 Å². The Balaban J connectivity index is 1.84. The second-order valence-corrected chi connectivity index (χ2v) is 5.74. The maximum Gasteiger partial charge on any atom is 0.130 e. The predicted octanol–water partition coefficient (Wildman–Crippen LogP) is 3.17. The van der Waals surface area contributed by atoms with Gasteiger partial charge in [0, 0.05) is 12.1 Å². The summed E-state index contributed by atoms with van der Waals surface area (Å²) >= 11 is 0. The number of ether oxygens (including phenoxy) is 2. The minimum Gasteiger partial charge on any atom is -0.464 e. The van der Waals surface area contributed by atoms with Crippen molar-refractivity contribution in [2.45, 2.75) is 72.0 Å². The molecule has 0 aliphatic carbocycles. The SMILES string of the molecule is CCNCc1cc(COC2CC(C)OC(C)C2)oc1C. The molecule has 1 aromatic rings. The van der Waals surface area contributed by atoms with Crippen molar-refractivity contribution in [3.63, 3.8) is 0 Å². The highest BCUT2D eigenvalue weighted by Crippen LogP contribution is 2.23. The Labute approximate surface area is 121 Å². The predicted molar refractivity (Wildman–Crippen MR) is 78.6 cm³/mol. The second kappa shape index (κ2) is 7.25. The van der Waals surface area contributed by atoms with Crippen molar-refractivity contribution < 1.29 is 13.9 Å². The molecule has 1 saturated heterocycles. The van der Waals surface area contributed by atoms with Gasteiger partial charge in [0.2, 0.25) is 0 Å². The van der Waals surface area contributed by atoms with E-state index in [1.807, 2.05) is 6.92 Å². The molecule has 1 N–H and O–H groups in total. The molecule has 0 radical (unpaired) electrons. The Morgan fingerprint density at radius 3 is 2.65 bits per heavy atom. The third-order valence-corrected chi connectivity index (χ3v) is 3.75. The molecule has 4 nitrogen and oxygen atoms in total. The monoisotopic (exact) mass is 281 g/mol. The van der Waals surface area contributed by atoms with E-state index < -0.39 is 0 Å². The Kier molecular flexibility index (Phi) is 5.64. The maximum absolute atomic E-state index is 5.99. The van der Waals surface area contributed by atoms with Gasteiger partial charge in [-0.25, -0.2) is 0 Å². The van der Waals surface area contributed by atoms with Gasteiger partial charge in [-0.3, -0.25) is 0 Å². The first-order valence-electron chi connectivity index (χ1n) is 7.64. The van der Waals surface area contributed by atoms with Crippen LogP contribution in [0.25, 0.3) is 0 Å². The minimum absolute atomic E-state index is 0.274. The maximum atomic E-state index is 5.99. The summed E-state index contributed by atoms with van der Waals surface area (Å²) in [5, 5.41) is 3.32.